The zero-order valence-electron chi connectivity index (χ0n) is 15.1. The summed E-state index contributed by atoms with van der Waals surface area (Å²) in [4.78, 5) is 25.3. The molecule has 7 nitrogen and oxygen atoms in total. The number of hydrogen-bond donors (Lipinski definition) is 2. The first-order chi connectivity index (χ1) is 12.1. The molecule has 1 aliphatic carbocycles. The van der Waals surface area contributed by atoms with Crippen molar-refractivity contribution in [1.29, 1.82) is 0 Å². The minimum atomic E-state index is -0.158. The van der Waals surface area contributed by atoms with Gasteiger partial charge in [0.05, 0.1) is 6.04 Å². The molecule has 3 unspecified atom stereocenters. The van der Waals surface area contributed by atoms with Crippen LogP contribution >= 0.6 is 0 Å². The minimum absolute atomic E-state index is 0.158. The maximum atomic E-state index is 12.3. The summed E-state index contributed by atoms with van der Waals surface area (Å²) in [7, 11) is 0. The molecule has 2 aliphatic heterocycles. The summed E-state index contributed by atoms with van der Waals surface area (Å²) in [6.07, 6.45) is 10.7. The van der Waals surface area contributed by atoms with Gasteiger partial charge in [0.2, 0.25) is 0 Å². The topological polar surface area (TPSA) is 100 Å². The number of nitrogens with two attached hydrogens (primary N) is 2. The SMILES string of the molecule is C/C(N)=N/C(=O)N1CC2CC(N3CCC(N=C/C=C\N)CC3)CC1C2. The molecule has 3 atom stereocenters. The Hall–Kier alpha value is -1.89. The molecule has 3 fully saturated rings. The monoisotopic (exact) mass is 346 g/mol. The van der Waals surface area contributed by atoms with Crippen LogP contribution < -0.4 is 11.5 Å². The number of fused-ring (bicyclic) bond motifs is 2. The summed E-state index contributed by atoms with van der Waals surface area (Å²) in [6.45, 7) is 4.68. The summed E-state index contributed by atoms with van der Waals surface area (Å²) < 4.78 is 0. The van der Waals surface area contributed by atoms with Crippen molar-refractivity contribution < 1.29 is 4.79 Å². The molecule has 0 aromatic heterocycles. The van der Waals surface area contributed by atoms with Gasteiger partial charge in [-0.1, -0.05) is 0 Å². The summed E-state index contributed by atoms with van der Waals surface area (Å²) in [5, 5.41) is 0. The van der Waals surface area contributed by atoms with Crippen LogP contribution in [0.5, 0.6) is 0 Å². The second kappa shape index (κ2) is 7.99. The number of likely N-dealkylation sites (tertiary alicyclic amines) is 2. The second-order valence-corrected chi connectivity index (χ2v) is 7.52. The van der Waals surface area contributed by atoms with Crippen LogP contribution in [0.4, 0.5) is 4.79 Å². The molecule has 0 spiro atoms. The Labute approximate surface area is 149 Å². The van der Waals surface area contributed by atoms with E-state index >= 15 is 0 Å². The Morgan fingerprint density at radius 2 is 1.88 bits per heavy atom. The number of urea groups is 1. The number of piperidine rings is 1. The third-order valence-electron chi connectivity index (χ3n) is 5.68. The lowest BCUT2D eigenvalue weighted by Crippen LogP contribution is -2.46. The lowest BCUT2D eigenvalue weighted by molar-refractivity contribution is 0.104. The third-order valence-corrected chi connectivity index (χ3v) is 5.68. The molecule has 1 saturated carbocycles. The summed E-state index contributed by atoms with van der Waals surface area (Å²) in [6, 6.07) is 1.16. The fourth-order valence-corrected chi connectivity index (χ4v) is 4.57. The van der Waals surface area contributed by atoms with Crippen molar-refractivity contribution in [1.82, 2.24) is 9.80 Å². The fourth-order valence-electron chi connectivity index (χ4n) is 4.57. The first-order valence-corrected chi connectivity index (χ1v) is 9.32. The lowest BCUT2D eigenvalue weighted by atomic mass is 9.85. The van der Waals surface area contributed by atoms with Crippen LogP contribution in [0, 0.1) is 5.92 Å². The molecule has 0 aromatic carbocycles. The van der Waals surface area contributed by atoms with Gasteiger partial charge in [-0.15, -0.1) is 0 Å². The predicted octanol–water partition coefficient (Wildman–Crippen LogP) is 1.34. The van der Waals surface area contributed by atoms with E-state index < -0.39 is 0 Å². The van der Waals surface area contributed by atoms with Crippen molar-refractivity contribution in [2.45, 2.75) is 57.2 Å². The van der Waals surface area contributed by atoms with E-state index in [0.29, 0.717) is 29.9 Å². The number of hydrogen-bond acceptors (Lipinski definition) is 4. The van der Waals surface area contributed by atoms with Gasteiger partial charge in [0.1, 0.15) is 5.84 Å². The Bertz CT molecular complexity index is 560. The lowest BCUT2D eigenvalue weighted by Gasteiger charge is -2.40. The van der Waals surface area contributed by atoms with E-state index in [9.17, 15) is 4.79 Å². The maximum Gasteiger partial charge on any atom is 0.345 e. The number of allylic oxidation sites excluding steroid dienone is 1. The highest BCUT2D eigenvalue weighted by Crippen LogP contribution is 2.38. The molecule has 0 radical (unpaired) electrons. The van der Waals surface area contributed by atoms with Gasteiger partial charge < -0.3 is 21.3 Å². The van der Waals surface area contributed by atoms with Crippen LogP contribution in [0.3, 0.4) is 0 Å². The fraction of sp³-hybridized carbons (Fsp3) is 0.722. The molecule has 2 saturated heterocycles. The van der Waals surface area contributed by atoms with E-state index in [1.807, 2.05) is 11.1 Å². The van der Waals surface area contributed by atoms with Crippen molar-refractivity contribution >= 4 is 18.1 Å². The van der Waals surface area contributed by atoms with E-state index in [1.54, 1.807) is 13.0 Å². The largest absolute Gasteiger partial charge is 0.405 e. The van der Waals surface area contributed by atoms with Crippen molar-refractivity contribution in [2.24, 2.45) is 27.4 Å². The molecule has 3 aliphatic rings. The molecular weight excluding hydrogens is 316 g/mol. The Balaban J connectivity index is 1.53. The van der Waals surface area contributed by atoms with Crippen LogP contribution in [-0.4, -0.2) is 65.6 Å². The van der Waals surface area contributed by atoms with Gasteiger partial charge >= 0.3 is 6.03 Å². The number of carbonyl (C=O) groups excluding carboxylic acids is 1. The molecule has 138 valence electrons. The molecule has 2 heterocycles. The normalized spacial score (nSPS) is 32.1. The molecule has 7 heteroatoms. The smallest absolute Gasteiger partial charge is 0.345 e. The van der Waals surface area contributed by atoms with Gasteiger partial charge in [0, 0.05) is 37.9 Å². The average molecular weight is 346 g/mol. The zero-order valence-corrected chi connectivity index (χ0v) is 15.1. The molecule has 4 N–H and O–H groups in total. The molecule has 2 amide bonds. The van der Waals surface area contributed by atoms with E-state index in [2.05, 4.69) is 14.9 Å². The quantitative estimate of drug-likeness (QED) is 0.595. The summed E-state index contributed by atoms with van der Waals surface area (Å²) in [5.41, 5.74) is 10.9. The van der Waals surface area contributed by atoms with Gasteiger partial charge in [-0.05, 0) is 57.2 Å². The van der Waals surface area contributed by atoms with Crippen molar-refractivity contribution in [3.05, 3.63) is 12.3 Å². The van der Waals surface area contributed by atoms with E-state index in [0.717, 1.165) is 45.3 Å². The first-order valence-electron chi connectivity index (χ1n) is 9.32. The van der Waals surface area contributed by atoms with Gasteiger partial charge in [-0.2, -0.15) is 4.99 Å². The molecule has 2 bridgehead atoms. The summed E-state index contributed by atoms with van der Waals surface area (Å²) >= 11 is 0. The number of carbonyl (C=O) groups is 1. The number of rotatable bonds is 3. The molecular formula is C18H30N6O. The molecule has 25 heavy (non-hydrogen) atoms. The number of amides is 2. The first kappa shape index (κ1) is 17.9. The van der Waals surface area contributed by atoms with Gasteiger partial charge in [-0.25, -0.2) is 4.79 Å². The van der Waals surface area contributed by atoms with Crippen molar-refractivity contribution in [3.8, 4) is 0 Å². The predicted molar refractivity (Wildman–Crippen MR) is 101 cm³/mol. The third kappa shape index (κ3) is 4.39. The van der Waals surface area contributed by atoms with Crippen LogP contribution in [-0.2, 0) is 0 Å². The van der Waals surface area contributed by atoms with Crippen LogP contribution in [0.1, 0.15) is 39.0 Å². The Morgan fingerprint density at radius 1 is 1.16 bits per heavy atom. The van der Waals surface area contributed by atoms with Gasteiger partial charge in [0.25, 0.3) is 0 Å². The number of amidine groups is 1. The molecule has 0 aromatic rings. The van der Waals surface area contributed by atoms with Crippen LogP contribution in [0.2, 0.25) is 0 Å². The Kier molecular flexibility index (Phi) is 5.73. The maximum absolute atomic E-state index is 12.3. The van der Waals surface area contributed by atoms with Crippen molar-refractivity contribution in [3.63, 3.8) is 0 Å². The number of aliphatic imine (C=N–C) groups is 2. The van der Waals surface area contributed by atoms with Crippen LogP contribution in [0.25, 0.3) is 0 Å². The van der Waals surface area contributed by atoms with Crippen molar-refractivity contribution in [2.75, 3.05) is 19.6 Å². The number of nitrogens with zero attached hydrogens (tertiary/aromatic N) is 4. The second-order valence-electron chi connectivity index (χ2n) is 7.52. The zero-order chi connectivity index (χ0) is 17.8. The van der Waals surface area contributed by atoms with E-state index in [1.165, 1.54) is 12.6 Å². The highest BCUT2D eigenvalue weighted by atomic mass is 16.2. The minimum Gasteiger partial charge on any atom is -0.405 e. The highest BCUT2D eigenvalue weighted by molar-refractivity contribution is 5.91. The highest BCUT2D eigenvalue weighted by Gasteiger charge is 2.43. The van der Waals surface area contributed by atoms with Gasteiger partial charge in [0.15, 0.2) is 0 Å². The van der Waals surface area contributed by atoms with E-state index in [4.69, 9.17) is 11.5 Å². The van der Waals surface area contributed by atoms with Crippen LogP contribution in [0.15, 0.2) is 22.3 Å². The van der Waals surface area contributed by atoms with E-state index in [-0.39, 0.29) is 6.03 Å². The Morgan fingerprint density at radius 3 is 2.56 bits per heavy atom. The standard InChI is InChI=1S/C18H30N6O/c1-13(20)22-18(25)24-12-14-9-16(11-17(24)10-14)23-7-3-15(4-8-23)21-6-2-5-19/h2,5-6,14-17H,3-4,7-12,19H2,1H3,(H2,20,22,25)/b5-2-,21-6?. The summed E-state index contributed by atoms with van der Waals surface area (Å²) in [5.74, 6) is 0.946. The molecule has 3 rings (SSSR count). The van der Waals surface area contributed by atoms with Gasteiger partial charge in [-0.3, -0.25) is 4.99 Å². The average Bonchev–Trinajstić information content (AvgIpc) is 2.89.